The maximum absolute atomic E-state index is 13.3. The molecule has 1 aliphatic carbocycles. The Balaban J connectivity index is 0.850. The lowest BCUT2D eigenvalue weighted by Gasteiger charge is -2.34. The second-order valence-corrected chi connectivity index (χ2v) is 15.3. The van der Waals surface area contributed by atoms with Crippen molar-refractivity contribution in [1.82, 2.24) is 49.5 Å². The van der Waals surface area contributed by atoms with Crippen molar-refractivity contribution in [3.8, 4) is 0 Å². The zero-order valence-electron chi connectivity index (χ0n) is 31.9. The van der Waals surface area contributed by atoms with Gasteiger partial charge in [0, 0.05) is 70.4 Å². The Morgan fingerprint density at radius 1 is 1.04 bits per heavy atom. The van der Waals surface area contributed by atoms with E-state index in [2.05, 4.69) is 47.1 Å². The number of fused-ring (bicyclic) bond motifs is 1. The second-order valence-electron chi connectivity index (χ2n) is 15.3. The van der Waals surface area contributed by atoms with Gasteiger partial charge < -0.3 is 30.7 Å². The van der Waals surface area contributed by atoms with Gasteiger partial charge in [-0.3, -0.25) is 33.4 Å². The summed E-state index contributed by atoms with van der Waals surface area (Å²) in [5, 5.41) is 30.6. The molecule has 3 aliphatic rings. The van der Waals surface area contributed by atoms with Gasteiger partial charge in [0.25, 0.3) is 5.91 Å². The van der Waals surface area contributed by atoms with Crippen molar-refractivity contribution in [1.29, 1.82) is 0 Å². The van der Waals surface area contributed by atoms with Gasteiger partial charge in [-0.1, -0.05) is 12.1 Å². The predicted octanol–water partition coefficient (Wildman–Crippen LogP) is 2.30. The van der Waals surface area contributed by atoms with Crippen LogP contribution in [0.4, 0.5) is 10.6 Å². The van der Waals surface area contributed by atoms with E-state index in [1.54, 1.807) is 33.1 Å². The molecule has 17 nitrogen and oxygen atoms in total. The van der Waals surface area contributed by atoms with Crippen LogP contribution in [0.1, 0.15) is 86.1 Å². The summed E-state index contributed by atoms with van der Waals surface area (Å²) in [5.74, 6) is 0.193. The fourth-order valence-corrected chi connectivity index (χ4v) is 8.29. The number of aliphatic hydroxyl groups excluding tert-OH is 1. The lowest BCUT2D eigenvalue weighted by atomic mass is 10.0. The van der Waals surface area contributed by atoms with Gasteiger partial charge in [-0.2, -0.15) is 10.2 Å². The van der Waals surface area contributed by atoms with Gasteiger partial charge in [0.1, 0.15) is 23.8 Å². The number of aliphatic hydroxyl groups is 1. The van der Waals surface area contributed by atoms with Gasteiger partial charge in [-0.25, -0.2) is 9.59 Å². The molecule has 7 rings (SSSR count). The average molecular weight is 760 g/mol. The van der Waals surface area contributed by atoms with Crippen LogP contribution < -0.4 is 21.6 Å². The number of imidazole rings is 1. The molecule has 1 saturated carbocycles. The average Bonchev–Trinajstić information content (AvgIpc) is 3.96. The van der Waals surface area contributed by atoms with Gasteiger partial charge in [-0.15, -0.1) is 0 Å². The molecular formula is C38H53N11O6. The topological polar surface area (TPSA) is 197 Å². The molecule has 4 aromatic rings. The number of aromatic nitrogens is 6. The molecule has 0 bridgehead atoms. The highest BCUT2D eigenvalue weighted by Crippen LogP contribution is 2.36. The van der Waals surface area contributed by atoms with Crippen molar-refractivity contribution in [2.45, 2.75) is 95.7 Å². The molecule has 0 spiro atoms. The number of piperidine rings is 1. The van der Waals surface area contributed by atoms with Crippen molar-refractivity contribution in [3.63, 3.8) is 0 Å². The number of H-pyrrole nitrogens is 1. The number of nitrogens with one attached hydrogen (secondary N) is 4. The summed E-state index contributed by atoms with van der Waals surface area (Å²) in [7, 11) is 1.77. The molecule has 0 radical (unpaired) electrons. The lowest BCUT2D eigenvalue weighted by molar-refractivity contribution is -0.128. The molecule has 55 heavy (non-hydrogen) atoms. The zero-order valence-corrected chi connectivity index (χ0v) is 31.9. The van der Waals surface area contributed by atoms with Crippen LogP contribution in [0.15, 0.2) is 41.3 Å². The maximum Gasteiger partial charge on any atom is 0.407 e. The minimum atomic E-state index is -1.10. The number of hydrogen-bond donors (Lipinski definition) is 5. The van der Waals surface area contributed by atoms with E-state index in [0.29, 0.717) is 30.9 Å². The van der Waals surface area contributed by atoms with Crippen LogP contribution in [0.25, 0.3) is 11.0 Å². The van der Waals surface area contributed by atoms with E-state index in [-0.39, 0.29) is 42.0 Å². The van der Waals surface area contributed by atoms with E-state index in [9.17, 15) is 24.3 Å². The van der Waals surface area contributed by atoms with Crippen LogP contribution in [0.2, 0.25) is 0 Å². The Morgan fingerprint density at radius 2 is 1.82 bits per heavy atom. The number of ether oxygens (including phenoxy) is 1. The summed E-state index contributed by atoms with van der Waals surface area (Å²) in [5.41, 5.74) is 3.88. The van der Waals surface area contributed by atoms with Gasteiger partial charge in [-0.05, 0) is 76.6 Å². The van der Waals surface area contributed by atoms with Crippen LogP contribution >= 0.6 is 0 Å². The molecule has 17 heteroatoms. The van der Waals surface area contributed by atoms with E-state index in [1.165, 1.54) is 0 Å². The number of piperazine rings is 1. The molecule has 2 aliphatic heterocycles. The predicted molar refractivity (Wildman–Crippen MR) is 205 cm³/mol. The van der Waals surface area contributed by atoms with Crippen LogP contribution in [0.5, 0.6) is 0 Å². The normalized spacial score (nSPS) is 22.3. The minimum Gasteiger partial charge on any atom is -0.446 e. The third kappa shape index (κ3) is 8.79. The molecule has 3 amide bonds. The van der Waals surface area contributed by atoms with E-state index in [1.807, 2.05) is 32.0 Å². The SMILES string of the molecule is CC(C)NC(=O)O[C@@H]1CC[C@H](c2cc(NC(=O)c3ccnn3CCN3CCN(CCCc4cccc5c4n(C)c(=O)n5C4CCC(=O)NC4O)CC3)[nH]n2)C1. The van der Waals surface area contributed by atoms with Crippen LogP contribution in [-0.4, -0.2) is 120 Å². The third-order valence-corrected chi connectivity index (χ3v) is 11.1. The molecule has 296 valence electrons. The fraction of sp³-hybridized carbons (Fsp3) is 0.579. The van der Waals surface area contributed by atoms with Gasteiger partial charge in [0.2, 0.25) is 5.91 Å². The Hall–Kier alpha value is -5.00. The number of anilines is 1. The number of benzene rings is 1. The highest BCUT2D eigenvalue weighted by Gasteiger charge is 2.33. The molecular weight excluding hydrogens is 706 g/mol. The highest BCUT2D eigenvalue weighted by molar-refractivity contribution is 6.02. The number of rotatable bonds is 13. The van der Waals surface area contributed by atoms with E-state index >= 15 is 0 Å². The Kier molecular flexibility index (Phi) is 11.7. The smallest absolute Gasteiger partial charge is 0.407 e. The summed E-state index contributed by atoms with van der Waals surface area (Å²) in [4.78, 5) is 55.2. The number of carbonyl (C=O) groups excluding carboxylic acids is 3. The second kappa shape index (κ2) is 16.8. The molecule has 5 N–H and O–H groups in total. The van der Waals surface area contributed by atoms with Gasteiger partial charge >= 0.3 is 11.8 Å². The highest BCUT2D eigenvalue weighted by atomic mass is 16.6. The molecule has 3 aromatic heterocycles. The summed E-state index contributed by atoms with van der Waals surface area (Å²) < 4.78 is 10.6. The standard InChI is InChI=1S/C38H53N11O6/c1-24(2)40-37(53)55-27-10-9-26(22-27)28-23-32(44-43-28)41-35(51)30-13-14-39-48(30)21-20-47-18-16-46(17-19-47)15-5-7-25-6-4-8-29-34(25)45(3)38(54)49(29)31-11-12-33(50)42-36(31)52/h4,6,8,13-14,23-24,26-27,31,36,52H,5,7,9-12,15-22H2,1-3H3,(H,40,53)(H,42,50)(H2,41,43,44,51)/t26-,27+,31?,36?/m0/s1. The monoisotopic (exact) mass is 759 g/mol. The molecule has 3 fully saturated rings. The van der Waals surface area contributed by atoms with E-state index in [4.69, 9.17) is 4.74 Å². The fourth-order valence-electron chi connectivity index (χ4n) is 8.29. The Bertz CT molecular complexity index is 2040. The number of para-hydroxylation sites is 1. The molecule has 1 aromatic carbocycles. The largest absolute Gasteiger partial charge is 0.446 e. The number of aryl methyl sites for hydroxylation is 2. The van der Waals surface area contributed by atoms with E-state index < -0.39 is 18.4 Å². The van der Waals surface area contributed by atoms with Crippen LogP contribution in [0, 0.1) is 0 Å². The number of aromatic amines is 1. The quantitative estimate of drug-likeness (QED) is 0.135. The zero-order chi connectivity index (χ0) is 38.6. The Labute approximate surface area is 319 Å². The first kappa shape index (κ1) is 38.3. The number of hydrogen-bond acceptors (Lipinski definition) is 10. The van der Waals surface area contributed by atoms with E-state index in [0.717, 1.165) is 87.2 Å². The maximum atomic E-state index is 13.3. The number of amides is 3. The third-order valence-electron chi connectivity index (χ3n) is 11.1. The summed E-state index contributed by atoms with van der Waals surface area (Å²) in [6.07, 6.45) is 4.76. The van der Waals surface area contributed by atoms with Crippen molar-refractivity contribution >= 4 is 34.8 Å². The minimum absolute atomic E-state index is 0.0192. The number of alkyl carbamates (subject to hydrolysis) is 1. The van der Waals surface area contributed by atoms with Gasteiger partial charge in [0.05, 0.1) is 29.3 Å². The first-order valence-corrected chi connectivity index (χ1v) is 19.5. The van der Waals surface area contributed by atoms with Crippen LogP contribution in [0.3, 0.4) is 0 Å². The number of carbonyl (C=O) groups is 3. The first-order valence-electron chi connectivity index (χ1n) is 19.5. The lowest BCUT2D eigenvalue weighted by Crippen LogP contribution is -2.47. The first-order chi connectivity index (χ1) is 26.5. The van der Waals surface area contributed by atoms with Crippen LogP contribution in [-0.2, 0) is 29.5 Å². The molecule has 2 unspecified atom stereocenters. The van der Waals surface area contributed by atoms with Crippen molar-refractivity contribution in [3.05, 3.63) is 64.0 Å². The molecule has 2 saturated heterocycles. The Morgan fingerprint density at radius 3 is 2.58 bits per heavy atom. The van der Waals surface area contributed by atoms with Crippen molar-refractivity contribution in [2.24, 2.45) is 7.05 Å². The van der Waals surface area contributed by atoms with Gasteiger partial charge in [0.15, 0.2) is 0 Å². The molecule has 5 heterocycles. The summed E-state index contributed by atoms with van der Waals surface area (Å²) in [6, 6.07) is 9.03. The molecule has 4 atom stereocenters. The number of nitrogens with zero attached hydrogens (tertiary/aromatic N) is 7. The summed E-state index contributed by atoms with van der Waals surface area (Å²) in [6.45, 7) is 9.81. The summed E-state index contributed by atoms with van der Waals surface area (Å²) >= 11 is 0. The van der Waals surface area contributed by atoms with Crippen molar-refractivity contribution < 1.29 is 24.2 Å². The van der Waals surface area contributed by atoms with Crippen molar-refractivity contribution in [2.75, 3.05) is 44.6 Å².